The molecule has 232 valence electrons. The fourth-order valence-corrected chi connectivity index (χ4v) is 6.25. The monoisotopic (exact) mass is 638 g/mol. The van der Waals surface area contributed by atoms with Crippen LogP contribution in [0.1, 0.15) is 18.4 Å². The second-order valence-corrected chi connectivity index (χ2v) is 12.5. The van der Waals surface area contributed by atoms with Crippen molar-refractivity contribution in [2.24, 2.45) is 5.92 Å². The number of rotatable bonds is 12. The molecule has 3 aromatic carbocycles. The highest BCUT2D eigenvalue weighted by atomic mass is 35.5. The first-order valence-electron chi connectivity index (χ1n) is 13.6. The number of urea groups is 1. The number of phenolic OH excluding ortho intramolecular Hbond substituents is 1. The number of carbonyl (C=O) groups is 1. The minimum absolute atomic E-state index is 0.00365. The van der Waals surface area contributed by atoms with Crippen LogP contribution in [0.5, 0.6) is 11.5 Å². The first-order chi connectivity index (χ1) is 20.5. The minimum atomic E-state index is -3.74. The van der Waals surface area contributed by atoms with Crippen molar-refractivity contribution in [3.8, 4) is 11.5 Å². The van der Waals surface area contributed by atoms with Gasteiger partial charge in [-0.05, 0) is 79.9 Å². The van der Waals surface area contributed by atoms with Crippen molar-refractivity contribution in [3.05, 3.63) is 82.9 Å². The third-order valence-corrected chi connectivity index (χ3v) is 9.14. The van der Waals surface area contributed by atoms with Crippen LogP contribution in [0.25, 0.3) is 0 Å². The Bertz CT molecular complexity index is 1510. The number of amides is 2. The molecule has 1 fully saturated rings. The molecule has 0 spiro atoms. The summed E-state index contributed by atoms with van der Waals surface area (Å²) in [6.45, 7) is 1.38. The lowest BCUT2D eigenvalue weighted by Crippen LogP contribution is -2.42. The molecule has 1 unspecified atom stereocenters. The number of carbonyl (C=O) groups excluding carboxylic acids is 1. The molecule has 0 aromatic heterocycles. The number of aromatic hydroxyl groups is 1. The topological polar surface area (TPSA) is 140 Å². The van der Waals surface area contributed by atoms with Crippen molar-refractivity contribution in [2.45, 2.75) is 30.4 Å². The van der Waals surface area contributed by atoms with Crippen molar-refractivity contribution in [3.63, 3.8) is 0 Å². The van der Waals surface area contributed by atoms with Crippen LogP contribution in [-0.2, 0) is 16.6 Å². The molecule has 0 aliphatic carbocycles. The van der Waals surface area contributed by atoms with Crippen molar-refractivity contribution in [1.82, 2.24) is 14.9 Å². The van der Waals surface area contributed by atoms with Gasteiger partial charge in [0.05, 0.1) is 9.92 Å². The quantitative estimate of drug-likeness (QED) is 0.201. The van der Waals surface area contributed by atoms with Crippen LogP contribution >= 0.6 is 11.6 Å². The summed E-state index contributed by atoms with van der Waals surface area (Å²) in [7, 11) is -3.74. The highest BCUT2D eigenvalue weighted by Crippen LogP contribution is 2.28. The standard InChI is InChI=1S/C29H33ClF2N4O6S/c30-26-14-23(37)4-8-28(26)42-18-24(38)17-33-15-19-9-11-36(12-10-19)43(40,41)25-5-2-22(3-6-25)35-29(39)34-16-20-13-21(31)1-7-27(20)32/h1-8,13-14,19,24,33,37-38H,9-12,15-18H2,(H2,34,35,39). The number of nitrogens with zero attached hydrogens (tertiary/aromatic N) is 1. The van der Waals surface area contributed by atoms with Gasteiger partial charge in [0, 0.05) is 43.5 Å². The predicted octanol–water partition coefficient (Wildman–Crippen LogP) is 4.08. The van der Waals surface area contributed by atoms with Gasteiger partial charge in [-0.15, -0.1) is 0 Å². The van der Waals surface area contributed by atoms with Gasteiger partial charge in [-0.2, -0.15) is 4.31 Å². The first kappa shape index (κ1) is 32.4. The molecule has 14 heteroatoms. The molecule has 1 aliphatic rings. The molecule has 3 aromatic rings. The van der Waals surface area contributed by atoms with Crippen LogP contribution in [-0.4, -0.2) is 67.9 Å². The van der Waals surface area contributed by atoms with Gasteiger partial charge in [0.25, 0.3) is 0 Å². The fourth-order valence-electron chi connectivity index (χ4n) is 4.55. The number of halogens is 3. The molecule has 1 atom stereocenters. The highest BCUT2D eigenvalue weighted by molar-refractivity contribution is 7.89. The van der Waals surface area contributed by atoms with Gasteiger partial charge in [0.15, 0.2) is 0 Å². The molecular weight excluding hydrogens is 606 g/mol. The summed E-state index contributed by atoms with van der Waals surface area (Å²) in [5.41, 5.74) is 0.329. The van der Waals surface area contributed by atoms with Gasteiger partial charge in [-0.3, -0.25) is 0 Å². The van der Waals surface area contributed by atoms with E-state index in [1.807, 2.05) is 0 Å². The van der Waals surface area contributed by atoms with Gasteiger partial charge < -0.3 is 30.9 Å². The van der Waals surface area contributed by atoms with Gasteiger partial charge >= 0.3 is 6.03 Å². The number of aliphatic hydroxyl groups is 1. The molecule has 43 heavy (non-hydrogen) atoms. The smallest absolute Gasteiger partial charge is 0.319 e. The maximum absolute atomic E-state index is 13.7. The van der Waals surface area contributed by atoms with Crippen LogP contribution in [0.15, 0.2) is 65.6 Å². The average molecular weight is 639 g/mol. The zero-order valence-electron chi connectivity index (χ0n) is 23.1. The van der Waals surface area contributed by atoms with E-state index in [2.05, 4.69) is 16.0 Å². The molecule has 1 aliphatic heterocycles. The minimum Gasteiger partial charge on any atom is -0.508 e. The largest absolute Gasteiger partial charge is 0.508 e. The van der Waals surface area contributed by atoms with E-state index in [1.165, 1.54) is 46.8 Å². The number of hydrogen-bond donors (Lipinski definition) is 5. The number of nitrogens with one attached hydrogen (secondary N) is 3. The third-order valence-electron chi connectivity index (χ3n) is 6.93. The zero-order valence-corrected chi connectivity index (χ0v) is 24.7. The molecule has 2 amide bonds. The third kappa shape index (κ3) is 9.25. The fraction of sp³-hybridized carbons (Fsp3) is 0.345. The van der Waals surface area contributed by atoms with Crippen molar-refractivity contribution in [2.75, 3.05) is 38.1 Å². The summed E-state index contributed by atoms with van der Waals surface area (Å²) in [4.78, 5) is 12.3. The van der Waals surface area contributed by atoms with E-state index in [0.29, 0.717) is 43.9 Å². The number of piperidine rings is 1. The maximum atomic E-state index is 13.7. The Balaban J connectivity index is 1.17. The molecular formula is C29H33ClF2N4O6S. The Labute approximate surface area is 253 Å². The molecule has 5 N–H and O–H groups in total. The van der Waals surface area contributed by atoms with E-state index in [0.717, 1.165) is 18.2 Å². The molecule has 0 radical (unpaired) electrons. The molecule has 0 bridgehead atoms. The summed E-state index contributed by atoms with van der Waals surface area (Å²) in [5.74, 6) is -0.649. The number of sulfonamides is 1. The predicted molar refractivity (Wildman–Crippen MR) is 158 cm³/mol. The van der Waals surface area contributed by atoms with Crippen LogP contribution in [0.3, 0.4) is 0 Å². The van der Waals surface area contributed by atoms with Crippen LogP contribution in [0.4, 0.5) is 19.3 Å². The zero-order chi connectivity index (χ0) is 31.0. The number of phenols is 1. The first-order valence-corrected chi connectivity index (χ1v) is 15.4. The van der Waals surface area contributed by atoms with Crippen LogP contribution in [0, 0.1) is 17.6 Å². The summed E-state index contributed by atoms with van der Waals surface area (Å²) in [6, 6.07) is 12.3. The van der Waals surface area contributed by atoms with Gasteiger partial charge in [-0.1, -0.05) is 11.6 Å². The van der Waals surface area contributed by atoms with E-state index in [-0.39, 0.29) is 46.8 Å². The van der Waals surface area contributed by atoms with Crippen molar-refractivity contribution < 1.29 is 36.9 Å². The maximum Gasteiger partial charge on any atom is 0.319 e. The number of ether oxygens (including phenoxy) is 1. The number of hydrogen-bond acceptors (Lipinski definition) is 7. The Hall–Kier alpha value is -3.49. The second kappa shape index (κ2) is 14.8. The lowest BCUT2D eigenvalue weighted by atomic mass is 9.98. The lowest BCUT2D eigenvalue weighted by molar-refractivity contribution is 0.104. The average Bonchev–Trinajstić information content (AvgIpc) is 2.98. The van der Waals surface area contributed by atoms with Gasteiger partial charge in [-0.25, -0.2) is 22.0 Å². The normalized spacial score (nSPS) is 15.2. The molecule has 1 saturated heterocycles. The molecule has 4 rings (SSSR count). The summed E-state index contributed by atoms with van der Waals surface area (Å²) >= 11 is 6.00. The number of benzene rings is 3. The van der Waals surface area contributed by atoms with Gasteiger partial charge in [0.2, 0.25) is 10.0 Å². The van der Waals surface area contributed by atoms with Gasteiger partial charge in [0.1, 0.15) is 35.8 Å². The van der Waals surface area contributed by atoms with Crippen molar-refractivity contribution >= 4 is 33.3 Å². The highest BCUT2D eigenvalue weighted by Gasteiger charge is 2.29. The Morgan fingerprint density at radius 1 is 1.07 bits per heavy atom. The van der Waals surface area contributed by atoms with Crippen molar-refractivity contribution in [1.29, 1.82) is 0 Å². The van der Waals surface area contributed by atoms with E-state index in [4.69, 9.17) is 16.3 Å². The van der Waals surface area contributed by atoms with E-state index >= 15 is 0 Å². The Kier molecular flexibility index (Phi) is 11.2. The number of anilines is 1. The SMILES string of the molecule is O=C(NCc1cc(F)ccc1F)Nc1ccc(S(=O)(=O)N2CCC(CNCC(O)COc3ccc(O)cc3Cl)CC2)cc1. The van der Waals surface area contributed by atoms with Crippen LogP contribution < -0.4 is 20.7 Å². The summed E-state index contributed by atoms with van der Waals surface area (Å²) in [6.07, 6.45) is 0.506. The summed E-state index contributed by atoms with van der Waals surface area (Å²) in [5, 5.41) is 28.0. The Morgan fingerprint density at radius 3 is 2.49 bits per heavy atom. The van der Waals surface area contributed by atoms with E-state index < -0.39 is 33.8 Å². The van der Waals surface area contributed by atoms with E-state index in [9.17, 15) is 32.2 Å². The molecule has 10 nitrogen and oxygen atoms in total. The second-order valence-electron chi connectivity index (χ2n) is 10.2. The molecule has 1 heterocycles. The lowest BCUT2D eigenvalue weighted by Gasteiger charge is -2.31. The molecule has 0 saturated carbocycles. The summed E-state index contributed by atoms with van der Waals surface area (Å²) < 4.78 is 60.3. The number of aliphatic hydroxyl groups excluding tert-OH is 1. The van der Waals surface area contributed by atoms with E-state index in [1.54, 1.807) is 0 Å². The Morgan fingerprint density at radius 2 is 1.79 bits per heavy atom. The van der Waals surface area contributed by atoms with Crippen LogP contribution in [0.2, 0.25) is 5.02 Å².